The minimum Gasteiger partial charge on any atom is -0.379 e. The third-order valence-corrected chi connectivity index (χ3v) is 2.61. The van der Waals surface area contributed by atoms with Gasteiger partial charge in [-0.1, -0.05) is 27.7 Å². The van der Waals surface area contributed by atoms with E-state index < -0.39 is 0 Å². The van der Waals surface area contributed by atoms with Gasteiger partial charge >= 0.3 is 0 Å². The summed E-state index contributed by atoms with van der Waals surface area (Å²) < 4.78 is 15.8. The van der Waals surface area contributed by atoms with Crippen LogP contribution in [0.1, 0.15) is 34.6 Å². The molecule has 140 valence electrons. The first kappa shape index (κ1) is 24.6. The summed E-state index contributed by atoms with van der Waals surface area (Å²) in [6, 6.07) is 0. The molecular formula is C17H38N2O4. The molecule has 0 unspecified atom stereocenters. The summed E-state index contributed by atoms with van der Waals surface area (Å²) in [7, 11) is 1.95. The van der Waals surface area contributed by atoms with E-state index in [4.69, 9.17) is 14.2 Å². The summed E-state index contributed by atoms with van der Waals surface area (Å²) in [5.74, 6) is 0.601. The van der Waals surface area contributed by atoms with Crippen molar-refractivity contribution in [3.05, 3.63) is 0 Å². The van der Waals surface area contributed by atoms with Gasteiger partial charge in [0.05, 0.1) is 39.6 Å². The number of likely N-dealkylation sites (N-methyl/N-ethyl adjacent to an activating group) is 1. The van der Waals surface area contributed by atoms with Gasteiger partial charge in [-0.2, -0.15) is 0 Å². The van der Waals surface area contributed by atoms with Gasteiger partial charge < -0.3 is 19.5 Å². The van der Waals surface area contributed by atoms with E-state index in [0.717, 1.165) is 6.54 Å². The molecule has 0 saturated carbocycles. The van der Waals surface area contributed by atoms with Gasteiger partial charge in [0.1, 0.15) is 0 Å². The molecule has 1 N–H and O–H groups in total. The Morgan fingerprint density at radius 1 is 1.00 bits per heavy atom. The Labute approximate surface area is 142 Å². The molecule has 0 aromatic heterocycles. The van der Waals surface area contributed by atoms with Crippen LogP contribution in [0.5, 0.6) is 0 Å². The average molecular weight is 335 g/mol. The lowest BCUT2D eigenvalue weighted by atomic mass is 10.2. The highest BCUT2D eigenvalue weighted by atomic mass is 16.5. The molecule has 0 aliphatic heterocycles. The van der Waals surface area contributed by atoms with Crippen LogP contribution in [0.3, 0.4) is 0 Å². The van der Waals surface area contributed by atoms with Crippen molar-refractivity contribution < 1.29 is 19.0 Å². The first-order valence-electron chi connectivity index (χ1n) is 8.74. The van der Waals surface area contributed by atoms with Crippen LogP contribution in [-0.2, 0) is 19.0 Å². The van der Waals surface area contributed by atoms with E-state index in [-0.39, 0.29) is 5.91 Å². The van der Waals surface area contributed by atoms with E-state index in [9.17, 15) is 4.79 Å². The molecule has 6 heteroatoms. The van der Waals surface area contributed by atoms with Crippen molar-refractivity contribution in [2.24, 2.45) is 5.92 Å². The Morgan fingerprint density at radius 3 is 2.04 bits per heavy atom. The number of carbonyl (C=O) groups excluding carboxylic acids is 1. The Bertz CT molecular complexity index is 251. The first-order chi connectivity index (χ1) is 11.1. The van der Waals surface area contributed by atoms with Gasteiger partial charge in [-0.25, -0.2) is 0 Å². The minimum atomic E-state index is 0.0368. The Kier molecular flexibility index (Phi) is 20.7. The summed E-state index contributed by atoms with van der Waals surface area (Å²) in [4.78, 5) is 13.6. The van der Waals surface area contributed by atoms with Crippen LogP contribution in [-0.4, -0.2) is 77.1 Å². The van der Waals surface area contributed by atoms with E-state index in [1.807, 2.05) is 32.7 Å². The second-order valence-electron chi connectivity index (χ2n) is 5.36. The van der Waals surface area contributed by atoms with Crippen LogP contribution in [0.4, 0.5) is 0 Å². The second-order valence-corrected chi connectivity index (χ2v) is 5.36. The maximum Gasteiger partial charge on any atom is 0.234 e. The zero-order valence-corrected chi connectivity index (χ0v) is 16.0. The molecule has 0 rings (SSSR count). The topological polar surface area (TPSA) is 60.0 Å². The summed E-state index contributed by atoms with van der Waals surface area (Å²) in [6.07, 6.45) is 0. The van der Waals surface area contributed by atoms with Gasteiger partial charge in [0.2, 0.25) is 5.91 Å². The highest BCUT2D eigenvalue weighted by molar-refractivity contribution is 5.77. The number of hydrogen-bond donors (Lipinski definition) is 1. The van der Waals surface area contributed by atoms with Gasteiger partial charge in [0, 0.05) is 19.7 Å². The van der Waals surface area contributed by atoms with Crippen molar-refractivity contribution in [2.75, 3.05) is 66.3 Å². The largest absolute Gasteiger partial charge is 0.379 e. The van der Waals surface area contributed by atoms with Gasteiger partial charge in [-0.05, 0) is 19.9 Å². The number of rotatable bonds is 14. The van der Waals surface area contributed by atoms with Crippen molar-refractivity contribution in [3.63, 3.8) is 0 Å². The molecule has 0 fully saturated rings. The fraction of sp³-hybridized carbons (Fsp3) is 0.941. The fourth-order valence-corrected chi connectivity index (χ4v) is 1.84. The molecule has 0 aromatic rings. The molecule has 0 radical (unpaired) electrons. The fourth-order valence-electron chi connectivity index (χ4n) is 1.84. The molecule has 0 bridgehead atoms. The summed E-state index contributed by atoms with van der Waals surface area (Å²) in [5.41, 5.74) is 0. The lowest BCUT2D eigenvalue weighted by Gasteiger charge is -2.18. The monoisotopic (exact) mass is 334 g/mol. The van der Waals surface area contributed by atoms with Crippen LogP contribution in [0.15, 0.2) is 0 Å². The summed E-state index contributed by atoms with van der Waals surface area (Å²) in [6.45, 7) is 15.6. The van der Waals surface area contributed by atoms with Crippen LogP contribution in [0, 0.1) is 5.92 Å². The predicted octanol–water partition coefficient (Wildman–Crippen LogP) is 1.79. The second kappa shape index (κ2) is 19.4. The lowest BCUT2D eigenvalue weighted by molar-refractivity contribution is -0.122. The van der Waals surface area contributed by atoms with E-state index in [0.29, 0.717) is 58.6 Å². The van der Waals surface area contributed by atoms with E-state index in [1.54, 1.807) is 0 Å². The number of amides is 1. The maximum atomic E-state index is 11.6. The number of nitrogens with zero attached hydrogens (tertiary/aromatic N) is 1. The van der Waals surface area contributed by atoms with Crippen LogP contribution < -0.4 is 5.32 Å². The van der Waals surface area contributed by atoms with Crippen molar-refractivity contribution in [3.8, 4) is 0 Å². The molecule has 1 amide bonds. The van der Waals surface area contributed by atoms with Crippen LogP contribution >= 0.6 is 0 Å². The van der Waals surface area contributed by atoms with E-state index >= 15 is 0 Å². The number of carbonyl (C=O) groups is 1. The van der Waals surface area contributed by atoms with Gasteiger partial charge in [-0.3, -0.25) is 9.69 Å². The highest BCUT2D eigenvalue weighted by Crippen LogP contribution is 1.94. The molecule has 0 saturated heterocycles. The van der Waals surface area contributed by atoms with Crippen molar-refractivity contribution in [1.29, 1.82) is 0 Å². The van der Waals surface area contributed by atoms with Crippen LogP contribution in [0.25, 0.3) is 0 Å². The normalized spacial score (nSPS) is 10.6. The lowest BCUT2D eigenvalue weighted by Crippen LogP contribution is -2.38. The zero-order chi connectivity index (χ0) is 17.9. The molecule has 0 aliphatic carbocycles. The minimum absolute atomic E-state index is 0.0368. The zero-order valence-electron chi connectivity index (χ0n) is 16.0. The number of hydrogen-bond acceptors (Lipinski definition) is 5. The number of nitrogens with one attached hydrogen (secondary N) is 1. The predicted molar refractivity (Wildman–Crippen MR) is 94.8 cm³/mol. The van der Waals surface area contributed by atoms with Crippen LogP contribution in [0.2, 0.25) is 0 Å². The number of ether oxygens (including phenoxy) is 3. The molecule has 0 atom stereocenters. The van der Waals surface area contributed by atoms with E-state index in [1.165, 1.54) is 0 Å². The quantitative estimate of drug-likeness (QED) is 0.491. The van der Waals surface area contributed by atoms with Crippen molar-refractivity contribution >= 4 is 5.91 Å². The van der Waals surface area contributed by atoms with Gasteiger partial charge in [-0.15, -0.1) is 0 Å². The molecule has 0 spiro atoms. The molecule has 0 heterocycles. The average Bonchev–Trinajstić information content (AvgIpc) is 2.50. The smallest absolute Gasteiger partial charge is 0.234 e. The van der Waals surface area contributed by atoms with Gasteiger partial charge in [0.15, 0.2) is 0 Å². The Morgan fingerprint density at radius 2 is 1.52 bits per heavy atom. The Balaban J connectivity index is 0. The van der Waals surface area contributed by atoms with Gasteiger partial charge in [0.25, 0.3) is 0 Å². The first-order valence-corrected chi connectivity index (χ1v) is 8.74. The SMILES string of the molecule is CC.CCOCCOCCOCCNC(=O)CN(C)CC(C)C. The molecule has 0 aromatic carbocycles. The highest BCUT2D eigenvalue weighted by Gasteiger charge is 2.07. The maximum absolute atomic E-state index is 11.6. The molecule has 23 heavy (non-hydrogen) atoms. The third kappa shape index (κ3) is 21.3. The van der Waals surface area contributed by atoms with Crippen molar-refractivity contribution in [2.45, 2.75) is 34.6 Å². The molecule has 0 aliphatic rings. The Hall–Kier alpha value is -0.690. The van der Waals surface area contributed by atoms with Crippen molar-refractivity contribution in [1.82, 2.24) is 10.2 Å². The molecular weight excluding hydrogens is 296 g/mol. The third-order valence-electron chi connectivity index (χ3n) is 2.61. The standard InChI is InChI=1S/C15H32N2O4.C2H6/c1-5-19-8-9-21-11-10-20-7-6-16-15(18)13-17(4)12-14(2)3;1-2/h14H,5-13H2,1-4H3,(H,16,18);1-2H3. The summed E-state index contributed by atoms with van der Waals surface area (Å²) >= 11 is 0. The summed E-state index contributed by atoms with van der Waals surface area (Å²) in [5, 5.41) is 2.84. The van der Waals surface area contributed by atoms with E-state index in [2.05, 4.69) is 19.2 Å². The molecule has 6 nitrogen and oxygen atoms in total.